The van der Waals surface area contributed by atoms with Crippen LogP contribution in [0.25, 0.3) is 11.6 Å². The molecule has 4 nitrogen and oxygen atoms in total. The lowest BCUT2D eigenvalue weighted by atomic mass is 10.0. The molecule has 0 spiro atoms. The summed E-state index contributed by atoms with van der Waals surface area (Å²) in [6.07, 6.45) is 2.71. The number of benzene rings is 2. The molecule has 2 aromatic rings. The molecular formula is C23H26O4. The molecule has 0 heterocycles. The van der Waals surface area contributed by atoms with Crippen LogP contribution in [-0.2, 0) is 9.59 Å². The average molecular weight is 366 g/mol. The van der Waals surface area contributed by atoms with Gasteiger partial charge in [0.1, 0.15) is 17.3 Å². The van der Waals surface area contributed by atoms with Gasteiger partial charge in [0.2, 0.25) is 0 Å². The zero-order valence-electron chi connectivity index (χ0n) is 16.3. The van der Waals surface area contributed by atoms with Crippen molar-refractivity contribution in [3.63, 3.8) is 0 Å². The van der Waals surface area contributed by atoms with Gasteiger partial charge in [0.05, 0.1) is 7.11 Å². The fourth-order valence-corrected chi connectivity index (χ4v) is 2.84. The van der Waals surface area contributed by atoms with Crippen LogP contribution >= 0.6 is 0 Å². The Morgan fingerprint density at radius 1 is 0.926 bits per heavy atom. The normalized spacial score (nSPS) is 12.4. The molecule has 1 unspecified atom stereocenters. The molecule has 4 heteroatoms. The molecule has 0 aromatic heterocycles. The van der Waals surface area contributed by atoms with E-state index in [9.17, 15) is 9.59 Å². The predicted octanol–water partition coefficient (Wildman–Crippen LogP) is 5.17. The minimum atomic E-state index is -0.318. The number of carbonyl (C=O) groups is 2. The van der Waals surface area contributed by atoms with E-state index in [-0.39, 0.29) is 24.1 Å². The molecule has 2 aromatic carbocycles. The van der Waals surface area contributed by atoms with Crippen molar-refractivity contribution in [1.82, 2.24) is 0 Å². The van der Waals surface area contributed by atoms with Crippen LogP contribution in [0.3, 0.4) is 0 Å². The van der Waals surface area contributed by atoms with E-state index in [4.69, 9.17) is 9.47 Å². The minimum Gasteiger partial charge on any atom is -0.497 e. The topological polar surface area (TPSA) is 52.6 Å². The monoisotopic (exact) mass is 366 g/mol. The lowest BCUT2D eigenvalue weighted by Crippen LogP contribution is -2.14. The van der Waals surface area contributed by atoms with Crippen LogP contribution in [0, 0.1) is 5.92 Å². The summed E-state index contributed by atoms with van der Waals surface area (Å²) in [5.41, 5.74) is 3.24. The van der Waals surface area contributed by atoms with Gasteiger partial charge in [0.15, 0.2) is 0 Å². The fraction of sp³-hybridized carbons (Fsp3) is 0.304. The van der Waals surface area contributed by atoms with Crippen LogP contribution < -0.4 is 9.47 Å². The molecule has 0 aliphatic carbocycles. The first-order chi connectivity index (χ1) is 12.9. The van der Waals surface area contributed by atoms with Gasteiger partial charge in [0, 0.05) is 12.8 Å². The van der Waals surface area contributed by atoms with Gasteiger partial charge in [-0.05, 0) is 60.7 Å². The Morgan fingerprint density at radius 2 is 1.52 bits per heavy atom. The van der Waals surface area contributed by atoms with Gasteiger partial charge in [-0.1, -0.05) is 37.3 Å². The number of hydrogen-bond donors (Lipinski definition) is 0. The van der Waals surface area contributed by atoms with Gasteiger partial charge in [-0.3, -0.25) is 4.79 Å². The lowest BCUT2D eigenvalue weighted by Gasteiger charge is -2.10. The summed E-state index contributed by atoms with van der Waals surface area (Å²) < 4.78 is 10.5. The van der Waals surface area contributed by atoms with E-state index in [2.05, 4.69) is 6.08 Å². The van der Waals surface area contributed by atoms with E-state index in [0.717, 1.165) is 22.4 Å². The summed E-state index contributed by atoms with van der Waals surface area (Å²) in [4.78, 5) is 23.1. The van der Waals surface area contributed by atoms with E-state index in [1.165, 1.54) is 6.92 Å². The molecule has 0 saturated carbocycles. The van der Waals surface area contributed by atoms with Crippen LogP contribution in [-0.4, -0.2) is 18.9 Å². The summed E-state index contributed by atoms with van der Waals surface area (Å²) in [5, 5.41) is 0. The Balaban J connectivity index is 1.98. The van der Waals surface area contributed by atoms with Crippen molar-refractivity contribution >= 4 is 23.4 Å². The fourth-order valence-electron chi connectivity index (χ4n) is 2.84. The van der Waals surface area contributed by atoms with Crippen molar-refractivity contribution < 1.29 is 19.1 Å². The Labute approximate surface area is 160 Å². The molecule has 0 aliphatic heterocycles. The standard InChI is InChI=1S/C23H26O4/c1-16(13-18(3)24)14-23(25)27-22-11-7-20(8-12-22)17(2)15-19-5-9-21(26-4)10-6-19/h5-12,15-16H,13-14H2,1-4H3. The van der Waals surface area contributed by atoms with Crippen LogP contribution in [0.1, 0.15) is 44.7 Å². The summed E-state index contributed by atoms with van der Waals surface area (Å²) in [5.74, 6) is 1.09. The number of ether oxygens (including phenoxy) is 2. The third-order valence-electron chi connectivity index (χ3n) is 4.19. The largest absolute Gasteiger partial charge is 0.497 e. The number of esters is 1. The van der Waals surface area contributed by atoms with E-state index in [0.29, 0.717) is 12.2 Å². The van der Waals surface area contributed by atoms with Gasteiger partial charge in [-0.15, -0.1) is 0 Å². The molecule has 0 fully saturated rings. The van der Waals surface area contributed by atoms with Crippen LogP contribution in [0.2, 0.25) is 0 Å². The highest BCUT2D eigenvalue weighted by Crippen LogP contribution is 2.22. The first-order valence-corrected chi connectivity index (χ1v) is 9.00. The maximum Gasteiger partial charge on any atom is 0.311 e. The van der Waals surface area contributed by atoms with Crippen molar-refractivity contribution in [3.05, 3.63) is 59.7 Å². The van der Waals surface area contributed by atoms with Crippen molar-refractivity contribution in [2.24, 2.45) is 5.92 Å². The molecule has 27 heavy (non-hydrogen) atoms. The highest BCUT2D eigenvalue weighted by molar-refractivity contribution is 5.81. The number of ketones is 1. The van der Waals surface area contributed by atoms with Gasteiger partial charge in [-0.2, -0.15) is 0 Å². The third-order valence-corrected chi connectivity index (χ3v) is 4.19. The van der Waals surface area contributed by atoms with Crippen molar-refractivity contribution in [3.8, 4) is 11.5 Å². The summed E-state index contributed by atoms with van der Waals surface area (Å²) in [6, 6.07) is 15.3. The molecule has 0 aliphatic rings. The quantitative estimate of drug-likeness (QED) is 0.367. The van der Waals surface area contributed by atoms with Gasteiger partial charge in [-0.25, -0.2) is 0 Å². The second-order valence-corrected chi connectivity index (χ2v) is 6.81. The number of Topliss-reactive ketones (excluding diaryl/α,β-unsaturated/α-hetero) is 1. The highest BCUT2D eigenvalue weighted by Gasteiger charge is 2.13. The first-order valence-electron chi connectivity index (χ1n) is 9.00. The molecule has 0 amide bonds. The van der Waals surface area contributed by atoms with Crippen molar-refractivity contribution in [2.45, 2.75) is 33.6 Å². The van der Waals surface area contributed by atoms with E-state index in [1.807, 2.05) is 50.2 Å². The average Bonchev–Trinajstić information content (AvgIpc) is 2.62. The molecule has 0 radical (unpaired) electrons. The Hall–Kier alpha value is -2.88. The van der Waals surface area contributed by atoms with E-state index < -0.39 is 0 Å². The number of hydrogen-bond acceptors (Lipinski definition) is 4. The number of rotatable bonds is 8. The van der Waals surface area contributed by atoms with Crippen molar-refractivity contribution in [2.75, 3.05) is 7.11 Å². The Bertz CT molecular complexity index is 801. The Kier molecular flexibility index (Phi) is 7.35. The van der Waals surface area contributed by atoms with E-state index >= 15 is 0 Å². The zero-order valence-corrected chi connectivity index (χ0v) is 16.3. The van der Waals surface area contributed by atoms with E-state index in [1.54, 1.807) is 19.2 Å². The van der Waals surface area contributed by atoms with Crippen LogP contribution in [0.4, 0.5) is 0 Å². The first kappa shape index (κ1) is 20.4. The second-order valence-electron chi connectivity index (χ2n) is 6.81. The second kappa shape index (κ2) is 9.72. The molecule has 142 valence electrons. The summed E-state index contributed by atoms with van der Waals surface area (Å²) in [6.45, 7) is 5.44. The number of allylic oxidation sites excluding steroid dienone is 1. The van der Waals surface area contributed by atoms with Crippen LogP contribution in [0.5, 0.6) is 11.5 Å². The molecular weight excluding hydrogens is 340 g/mol. The third kappa shape index (κ3) is 6.74. The minimum absolute atomic E-state index is 0.0102. The zero-order chi connectivity index (χ0) is 19.8. The molecule has 0 N–H and O–H groups in total. The van der Waals surface area contributed by atoms with Crippen LogP contribution in [0.15, 0.2) is 48.5 Å². The van der Waals surface area contributed by atoms with Gasteiger partial charge in [0.25, 0.3) is 0 Å². The lowest BCUT2D eigenvalue weighted by molar-refractivity contribution is -0.135. The predicted molar refractivity (Wildman–Crippen MR) is 108 cm³/mol. The highest BCUT2D eigenvalue weighted by atomic mass is 16.5. The maximum atomic E-state index is 12.0. The molecule has 1 atom stereocenters. The molecule has 0 bridgehead atoms. The number of carbonyl (C=O) groups excluding carboxylic acids is 2. The number of methoxy groups -OCH3 is 1. The summed E-state index contributed by atoms with van der Waals surface area (Å²) >= 11 is 0. The van der Waals surface area contributed by atoms with Gasteiger partial charge >= 0.3 is 5.97 Å². The SMILES string of the molecule is COc1ccc(C=C(C)c2ccc(OC(=O)CC(C)CC(C)=O)cc2)cc1. The van der Waals surface area contributed by atoms with Gasteiger partial charge < -0.3 is 14.3 Å². The maximum absolute atomic E-state index is 12.0. The smallest absolute Gasteiger partial charge is 0.311 e. The Morgan fingerprint density at radius 3 is 2.07 bits per heavy atom. The molecule has 0 saturated heterocycles. The molecule has 2 rings (SSSR count). The summed E-state index contributed by atoms with van der Waals surface area (Å²) in [7, 11) is 1.65. The van der Waals surface area contributed by atoms with Crippen molar-refractivity contribution in [1.29, 1.82) is 0 Å².